The summed E-state index contributed by atoms with van der Waals surface area (Å²) in [6, 6.07) is 13.6. The number of benzene rings is 2. The van der Waals surface area contributed by atoms with E-state index in [1.165, 1.54) is 4.90 Å². The summed E-state index contributed by atoms with van der Waals surface area (Å²) in [5, 5.41) is 11.2. The number of likely N-dealkylation sites (tertiary alicyclic amines) is 1. The van der Waals surface area contributed by atoms with Crippen LogP contribution in [0, 0.1) is 0 Å². The minimum Gasteiger partial charge on any atom is -0.507 e. The van der Waals surface area contributed by atoms with Crippen LogP contribution in [0.2, 0.25) is 0 Å². The Bertz CT molecular complexity index is 1010. The summed E-state index contributed by atoms with van der Waals surface area (Å²) in [4.78, 5) is 27.6. The molecular weight excluding hydrogens is 406 g/mol. The molecule has 1 unspecified atom stereocenters. The number of carbonyl (C=O) groups excluding carboxylic acids is 2. The van der Waals surface area contributed by atoms with Crippen LogP contribution in [0.1, 0.15) is 57.7 Å². The zero-order valence-corrected chi connectivity index (χ0v) is 19.1. The lowest BCUT2D eigenvalue weighted by molar-refractivity contribution is -0.139. The van der Waals surface area contributed by atoms with Crippen molar-refractivity contribution in [3.63, 3.8) is 0 Å². The number of carbonyl (C=O) groups is 2. The highest BCUT2D eigenvalue weighted by Gasteiger charge is 2.46. The molecule has 0 aliphatic carbocycles. The van der Waals surface area contributed by atoms with Crippen molar-refractivity contribution in [1.29, 1.82) is 0 Å². The number of aliphatic hydroxyl groups excluding tert-OH is 1. The van der Waals surface area contributed by atoms with Gasteiger partial charge in [-0.25, -0.2) is 0 Å². The van der Waals surface area contributed by atoms with E-state index >= 15 is 0 Å². The second-order valence-electron chi connectivity index (χ2n) is 8.07. The van der Waals surface area contributed by atoms with Crippen LogP contribution < -0.4 is 9.47 Å². The molecule has 32 heavy (non-hydrogen) atoms. The Balaban J connectivity index is 2.16. The summed E-state index contributed by atoms with van der Waals surface area (Å²) in [6.07, 6.45) is 1.44. The molecule has 0 spiro atoms. The van der Waals surface area contributed by atoms with Gasteiger partial charge < -0.3 is 19.5 Å². The van der Waals surface area contributed by atoms with Crippen LogP contribution in [-0.2, 0) is 9.59 Å². The van der Waals surface area contributed by atoms with Gasteiger partial charge in [-0.05, 0) is 44.9 Å². The van der Waals surface area contributed by atoms with Crippen LogP contribution >= 0.6 is 0 Å². The molecule has 2 aromatic rings. The lowest BCUT2D eigenvalue weighted by Crippen LogP contribution is -2.30. The highest BCUT2D eigenvalue weighted by Crippen LogP contribution is 2.43. The molecule has 0 bridgehead atoms. The number of hydrogen-bond donors (Lipinski definition) is 1. The van der Waals surface area contributed by atoms with Gasteiger partial charge in [0.15, 0.2) is 0 Å². The third kappa shape index (κ3) is 4.79. The van der Waals surface area contributed by atoms with E-state index in [9.17, 15) is 14.7 Å². The Morgan fingerprint density at radius 2 is 1.81 bits per heavy atom. The third-order valence-electron chi connectivity index (χ3n) is 5.16. The van der Waals surface area contributed by atoms with Crippen LogP contribution in [0.15, 0.2) is 54.1 Å². The molecule has 1 N–H and O–H groups in total. The zero-order chi connectivity index (χ0) is 23.3. The lowest BCUT2D eigenvalue weighted by atomic mass is 9.94. The Hall–Kier alpha value is -3.28. The number of ether oxygens (including phenoxy) is 2. The van der Waals surface area contributed by atoms with E-state index in [0.29, 0.717) is 42.2 Å². The summed E-state index contributed by atoms with van der Waals surface area (Å²) >= 11 is 0. The van der Waals surface area contributed by atoms with Crippen molar-refractivity contribution in [1.82, 2.24) is 4.90 Å². The number of aliphatic hydroxyl groups is 1. The maximum atomic E-state index is 13.1. The monoisotopic (exact) mass is 437 g/mol. The summed E-state index contributed by atoms with van der Waals surface area (Å²) in [5.74, 6) is -0.343. The largest absolute Gasteiger partial charge is 0.507 e. The van der Waals surface area contributed by atoms with Gasteiger partial charge in [0.1, 0.15) is 17.3 Å². The molecule has 0 radical (unpaired) electrons. The van der Waals surface area contributed by atoms with Crippen molar-refractivity contribution in [2.75, 3.05) is 13.2 Å². The predicted molar refractivity (Wildman–Crippen MR) is 124 cm³/mol. The number of amides is 1. The Morgan fingerprint density at radius 3 is 2.50 bits per heavy atom. The molecule has 170 valence electrons. The van der Waals surface area contributed by atoms with Crippen molar-refractivity contribution in [2.45, 2.75) is 52.7 Å². The average molecular weight is 438 g/mol. The van der Waals surface area contributed by atoms with Gasteiger partial charge in [-0.15, -0.1) is 0 Å². The molecule has 2 aromatic carbocycles. The van der Waals surface area contributed by atoms with Gasteiger partial charge in [-0.3, -0.25) is 9.59 Å². The molecule has 6 heteroatoms. The first-order valence-electron chi connectivity index (χ1n) is 11.2. The van der Waals surface area contributed by atoms with E-state index in [-0.39, 0.29) is 17.4 Å². The minimum atomic E-state index is -0.731. The van der Waals surface area contributed by atoms with Crippen molar-refractivity contribution in [2.24, 2.45) is 0 Å². The van der Waals surface area contributed by atoms with Crippen LogP contribution in [-0.4, -0.2) is 41.0 Å². The lowest BCUT2D eigenvalue weighted by Gasteiger charge is -2.27. The van der Waals surface area contributed by atoms with Gasteiger partial charge in [0.25, 0.3) is 11.7 Å². The second kappa shape index (κ2) is 10.4. The van der Waals surface area contributed by atoms with E-state index in [0.717, 1.165) is 6.42 Å². The second-order valence-corrected chi connectivity index (χ2v) is 8.07. The fourth-order valence-electron chi connectivity index (χ4n) is 3.85. The average Bonchev–Trinajstić information content (AvgIpc) is 3.02. The van der Waals surface area contributed by atoms with Crippen molar-refractivity contribution < 1.29 is 24.2 Å². The minimum absolute atomic E-state index is 0.0656. The standard InChI is InChI=1S/C26H31NO5/c1-5-14-27-23(20-12-7-8-13-21(20)32-17(3)4)22(25(29)26(27)30)24(28)18-10-9-11-19(16-18)31-15-6-2/h7-13,16-17,23,28H,5-6,14-15H2,1-4H3/b24-22-. The van der Waals surface area contributed by atoms with Crippen molar-refractivity contribution in [3.8, 4) is 11.5 Å². The van der Waals surface area contributed by atoms with Gasteiger partial charge in [-0.1, -0.05) is 44.2 Å². The van der Waals surface area contributed by atoms with Gasteiger partial charge >= 0.3 is 0 Å². The molecule has 1 aliphatic heterocycles. The van der Waals surface area contributed by atoms with E-state index in [1.54, 1.807) is 24.3 Å². The molecule has 1 fully saturated rings. The predicted octanol–water partition coefficient (Wildman–Crippen LogP) is 5.09. The first kappa shape index (κ1) is 23.4. The molecule has 0 aromatic heterocycles. The number of nitrogens with zero attached hydrogens (tertiary/aromatic N) is 1. The molecule has 6 nitrogen and oxygen atoms in total. The van der Waals surface area contributed by atoms with E-state index < -0.39 is 17.7 Å². The maximum Gasteiger partial charge on any atom is 0.295 e. The number of hydrogen-bond acceptors (Lipinski definition) is 5. The van der Waals surface area contributed by atoms with Gasteiger partial charge in [0.2, 0.25) is 0 Å². The SMILES string of the molecule is CCCOc1cccc(/C(O)=C2/C(=O)C(=O)N(CCC)C2c2ccccc2OC(C)C)c1. The summed E-state index contributed by atoms with van der Waals surface area (Å²) < 4.78 is 11.7. The van der Waals surface area contributed by atoms with E-state index in [2.05, 4.69) is 0 Å². The first-order chi connectivity index (χ1) is 15.4. The van der Waals surface area contributed by atoms with Gasteiger partial charge in [-0.2, -0.15) is 0 Å². The number of rotatable bonds is 9. The molecule has 0 saturated carbocycles. The summed E-state index contributed by atoms with van der Waals surface area (Å²) in [5.41, 5.74) is 1.17. The van der Waals surface area contributed by atoms with Gasteiger partial charge in [0.05, 0.1) is 24.3 Å². The fraction of sp³-hybridized carbons (Fsp3) is 0.385. The number of para-hydroxylation sites is 1. The van der Waals surface area contributed by atoms with Crippen LogP contribution in [0.25, 0.3) is 5.76 Å². The van der Waals surface area contributed by atoms with Crippen molar-refractivity contribution >= 4 is 17.4 Å². The highest BCUT2D eigenvalue weighted by atomic mass is 16.5. The topological polar surface area (TPSA) is 76.1 Å². The van der Waals surface area contributed by atoms with Crippen LogP contribution in [0.4, 0.5) is 0 Å². The molecule has 1 amide bonds. The smallest absolute Gasteiger partial charge is 0.295 e. The summed E-state index contributed by atoms with van der Waals surface area (Å²) in [7, 11) is 0. The highest BCUT2D eigenvalue weighted by molar-refractivity contribution is 6.46. The zero-order valence-electron chi connectivity index (χ0n) is 19.1. The van der Waals surface area contributed by atoms with Gasteiger partial charge in [0, 0.05) is 17.7 Å². The van der Waals surface area contributed by atoms with Crippen molar-refractivity contribution in [3.05, 3.63) is 65.2 Å². The Labute approximate surface area is 189 Å². The Kier molecular flexibility index (Phi) is 7.57. The molecular formula is C26H31NO5. The summed E-state index contributed by atoms with van der Waals surface area (Å²) in [6.45, 7) is 8.73. The quantitative estimate of drug-likeness (QED) is 0.336. The molecule has 3 rings (SSSR count). The molecule has 1 saturated heterocycles. The maximum absolute atomic E-state index is 13.1. The number of Topliss-reactive ketones (excluding diaryl/α,β-unsaturated/α-hetero) is 1. The Morgan fingerprint density at radius 1 is 1.06 bits per heavy atom. The first-order valence-corrected chi connectivity index (χ1v) is 11.2. The molecule has 1 aliphatic rings. The number of ketones is 1. The normalized spacial score (nSPS) is 17.8. The van der Waals surface area contributed by atoms with Crippen LogP contribution in [0.3, 0.4) is 0 Å². The third-order valence-corrected chi connectivity index (χ3v) is 5.16. The fourth-order valence-corrected chi connectivity index (χ4v) is 3.85. The van der Waals surface area contributed by atoms with Crippen LogP contribution in [0.5, 0.6) is 11.5 Å². The molecule has 1 atom stereocenters. The molecule has 1 heterocycles. The van der Waals surface area contributed by atoms with E-state index in [4.69, 9.17) is 9.47 Å². The van der Waals surface area contributed by atoms with E-state index in [1.807, 2.05) is 52.0 Å².